The molecule has 0 saturated carbocycles. The fourth-order valence-electron chi connectivity index (χ4n) is 4.45. The second-order valence-corrected chi connectivity index (χ2v) is 9.02. The predicted octanol–water partition coefficient (Wildman–Crippen LogP) is 5.87. The third-order valence-corrected chi connectivity index (χ3v) is 6.48. The Bertz CT molecular complexity index is 1430. The van der Waals surface area contributed by atoms with Crippen LogP contribution in [0.5, 0.6) is 5.75 Å². The minimum atomic E-state index is 0.338. The fraction of sp³-hybridized carbons (Fsp3) is 0.125. The van der Waals surface area contributed by atoms with E-state index in [1.807, 2.05) is 84.9 Å². The van der Waals surface area contributed by atoms with Crippen LogP contribution in [-0.2, 0) is 0 Å². The number of hydrogen-bond donors (Lipinski definition) is 2. The number of amidine groups is 2. The highest BCUT2D eigenvalue weighted by molar-refractivity contribution is 6.10. The van der Waals surface area contributed by atoms with E-state index in [1.54, 1.807) is 0 Å². The Kier molecular flexibility index (Phi) is 7.42. The van der Waals surface area contributed by atoms with Crippen LogP contribution in [0.15, 0.2) is 142 Å². The molecule has 3 aromatic carbocycles. The van der Waals surface area contributed by atoms with Crippen molar-refractivity contribution in [3.8, 4) is 5.75 Å². The molecule has 2 aliphatic rings. The van der Waals surface area contributed by atoms with Crippen LogP contribution >= 0.6 is 0 Å². The molecule has 0 spiro atoms. The number of anilines is 1. The van der Waals surface area contributed by atoms with E-state index >= 15 is 0 Å². The second-order valence-electron chi connectivity index (χ2n) is 9.02. The lowest BCUT2D eigenvalue weighted by Gasteiger charge is -2.26. The van der Waals surface area contributed by atoms with Gasteiger partial charge in [0.05, 0.1) is 12.2 Å². The number of benzene rings is 3. The van der Waals surface area contributed by atoms with Crippen molar-refractivity contribution in [3.05, 3.63) is 143 Å². The van der Waals surface area contributed by atoms with Crippen molar-refractivity contribution in [1.82, 2.24) is 0 Å². The molecule has 37 heavy (non-hydrogen) atoms. The maximum atomic E-state index is 6.38. The van der Waals surface area contributed by atoms with Gasteiger partial charge in [0.15, 0.2) is 5.84 Å². The van der Waals surface area contributed by atoms with Gasteiger partial charge < -0.3 is 16.2 Å². The first kappa shape index (κ1) is 24.1. The van der Waals surface area contributed by atoms with Gasteiger partial charge in [-0.1, -0.05) is 103 Å². The molecule has 0 heterocycles. The zero-order chi connectivity index (χ0) is 25.5. The maximum Gasteiger partial charge on any atom is 0.157 e. The lowest BCUT2D eigenvalue weighted by molar-refractivity contribution is 0.344. The van der Waals surface area contributed by atoms with E-state index in [0.29, 0.717) is 42.2 Å². The number of nitrogen functional groups attached to an aromatic ring is 1. The highest BCUT2D eigenvalue weighted by Crippen LogP contribution is 2.34. The molecule has 0 radical (unpaired) electrons. The number of rotatable bonds is 7. The van der Waals surface area contributed by atoms with E-state index in [2.05, 4.69) is 30.4 Å². The molecular formula is C32H30N4O. The number of nitrogens with two attached hydrogens (primary N) is 2. The van der Waals surface area contributed by atoms with Gasteiger partial charge in [0, 0.05) is 17.0 Å². The normalized spacial score (nSPS) is 17.4. The van der Waals surface area contributed by atoms with Crippen LogP contribution in [0.3, 0.4) is 0 Å². The van der Waals surface area contributed by atoms with Gasteiger partial charge in [-0.2, -0.15) is 0 Å². The Hall–Kier alpha value is -4.64. The number of aliphatic imine (C=N–C) groups is 2. The lowest BCUT2D eigenvalue weighted by Crippen LogP contribution is -2.18. The molecule has 184 valence electrons. The molecule has 4 N–H and O–H groups in total. The Balaban J connectivity index is 1.48. The van der Waals surface area contributed by atoms with Crippen molar-refractivity contribution < 1.29 is 4.74 Å². The lowest BCUT2D eigenvalue weighted by atomic mass is 9.81. The maximum absolute atomic E-state index is 6.38. The van der Waals surface area contributed by atoms with Gasteiger partial charge in [-0.15, -0.1) is 0 Å². The van der Waals surface area contributed by atoms with Crippen molar-refractivity contribution in [2.45, 2.75) is 6.42 Å². The van der Waals surface area contributed by atoms with Crippen molar-refractivity contribution in [3.63, 3.8) is 0 Å². The predicted molar refractivity (Wildman–Crippen MR) is 153 cm³/mol. The Morgan fingerprint density at radius 3 is 2.32 bits per heavy atom. The summed E-state index contributed by atoms with van der Waals surface area (Å²) in [4.78, 5) is 9.71. The zero-order valence-corrected chi connectivity index (χ0v) is 20.6. The fourth-order valence-corrected chi connectivity index (χ4v) is 4.45. The molecule has 0 bridgehead atoms. The first-order chi connectivity index (χ1) is 18.2. The zero-order valence-electron chi connectivity index (χ0n) is 20.6. The second kappa shape index (κ2) is 11.4. The van der Waals surface area contributed by atoms with Gasteiger partial charge in [0.25, 0.3) is 0 Å². The van der Waals surface area contributed by atoms with Gasteiger partial charge in [0.2, 0.25) is 0 Å². The summed E-state index contributed by atoms with van der Waals surface area (Å²) in [5, 5.41) is 0. The van der Waals surface area contributed by atoms with Crippen LogP contribution in [0.4, 0.5) is 5.69 Å². The van der Waals surface area contributed by atoms with Gasteiger partial charge in [-0.25, -0.2) is 4.99 Å². The third kappa shape index (κ3) is 5.96. The molecule has 5 rings (SSSR count). The average molecular weight is 487 g/mol. The highest BCUT2D eigenvalue weighted by atomic mass is 16.5. The first-order valence-electron chi connectivity index (χ1n) is 12.4. The van der Waals surface area contributed by atoms with E-state index in [-0.39, 0.29) is 0 Å². The summed E-state index contributed by atoms with van der Waals surface area (Å²) in [5.74, 6) is 2.06. The first-order valence-corrected chi connectivity index (χ1v) is 12.4. The monoisotopic (exact) mass is 486 g/mol. The van der Waals surface area contributed by atoms with Crippen LogP contribution in [0, 0.1) is 5.92 Å². The molecule has 5 nitrogen and oxygen atoms in total. The van der Waals surface area contributed by atoms with Crippen LogP contribution in [0.1, 0.15) is 17.5 Å². The number of nitrogens with zero attached hydrogens (tertiary/aromatic N) is 2. The van der Waals surface area contributed by atoms with E-state index in [9.17, 15) is 0 Å². The third-order valence-electron chi connectivity index (χ3n) is 6.48. The molecule has 2 aliphatic carbocycles. The summed E-state index contributed by atoms with van der Waals surface area (Å²) in [6.45, 7) is 0.916. The summed E-state index contributed by atoms with van der Waals surface area (Å²) < 4.78 is 6.15. The van der Waals surface area contributed by atoms with E-state index in [1.165, 1.54) is 11.1 Å². The van der Waals surface area contributed by atoms with Crippen LogP contribution in [0.2, 0.25) is 0 Å². The van der Waals surface area contributed by atoms with Gasteiger partial charge in [-0.05, 0) is 35.3 Å². The summed E-state index contributed by atoms with van der Waals surface area (Å²) in [7, 11) is 0. The SMILES string of the molecule is N/C(=N\C(=N/CC1=C(COc2ccccc2N)CC2C=CC=CC2=C1)c1ccccc1)c1ccccc1. The van der Waals surface area contributed by atoms with Gasteiger partial charge >= 0.3 is 0 Å². The largest absolute Gasteiger partial charge is 0.487 e. The van der Waals surface area contributed by atoms with Crippen molar-refractivity contribution >= 4 is 17.4 Å². The molecule has 1 atom stereocenters. The molecule has 0 fully saturated rings. The van der Waals surface area contributed by atoms with E-state index < -0.39 is 0 Å². The minimum Gasteiger partial charge on any atom is -0.487 e. The molecule has 3 aromatic rings. The number of para-hydroxylation sites is 2. The van der Waals surface area contributed by atoms with Crippen molar-refractivity contribution in [2.24, 2.45) is 21.6 Å². The number of fused-ring (bicyclic) bond motifs is 1. The summed E-state index contributed by atoms with van der Waals surface area (Å²) in [5.41, 5.74) is 18.5. The van der Waals surface area contributed by atoms with Crippen LogP contribution in [-0.4, -0.2) is 24.8 Å². The Labute approximate surface area is 217 Å². The molecule has 5 heteroatoms. The van der Waals surface area contributed by atoms with Gasteiger partial charge in [-0.3, -0.25) is 4.99 Å². The molecule has 0 aromatic heterocycles. The summed E-state index contributed by atoms with van der Waals surface area (Å²) in [6.07, 6.45) is 11.7. The van der Waals surface area contributed by atoms with E-state index in [4.69, 9.17) is 26.2 Å². The topological polar surface area (TPSA) is 86.0 Å². The number of ether oxygens (including phenoxy) is 1. The molecule has 0 saturated heterocycles. The molecule has 1 unspecified atom stereocenters. The van der Waals surface area contributed by atoms with Gasteiger partial charge in [0.1, 0.15) is 18.2 Å². The Morgan fingerprint density at radius 1 is 0.865 bits per heavy atom. The minimum absolute atomic E-state index is 0.338. The standard InChI is InChI=1S/C32H30N4O/c33-29-17-9-10-18-30(29)37-22-28-20-26-16-8-7-15-25(26)19-27(28)21-35-32(24-13-5-2-6-14-24)36-31(34)23-11-3-1-4-12-23/h1-19,26H,20-22,33H2,(H2,34,35,36). The van der Waals surface area contributed by atoms with Crippen molar-refractivity contribution in [1.29, 1.82) is 0 Å². The average Bonchev–Trinajstić information content (AvgIpc) is 2.95. The summed E-state index contributed by atoms with van der Waals surface area (Å²) >= 11 is 0. The smallest absolute Gasteiger partial charge is 0.157 e. The van der Waals surface area contributed by atoms with Crippen LogP contribution in [0.25, 0.3) is 0 Å². The van der Waals surface area contributed by atoms with Crippen molar-refractivity contribution in [2.75, 3.05) is 18.9 Å². The molecular weight excluding hydrogens is 456 g/mol. The summed E-state index contributed by atoms with van der Waals surface area (Å²) in [6, 6.07) is 27.3. The quantitative estimate of drug-likeness (QED) is 0.249. The molecule has 0 aliphatic heterocycles. The number of hydrogen-bond acceptors (Lipinski definition) is 3. The van der Waals surface area contributed by atoms with Crippen LogP contribution < -0.4 is 16.2 Å². The molecule has 0 amide bonds. The Morgan fingerprint density at radius 2 is 1.57 bits per heavy atom. The number of allylic oxidation sites excluding steroid dienone is 5. The highest BCUT2D eigenvalue weighted by Gasteiger charge is 2.22. The van der Waals surface area contributed by atoms with E-state index in [0.717, 1.165) is 23.1 Å².